The van der Waals surface area contributed by atoms with Gasteiger partial charge in [-0.05, 0) is 49.4 Å². The van der Waals surface area contributed by atoms with E-state index < -0.39 is 0 Å². The van der Waals surface area contributed by atoms with E-state index in [2.05, 4.69) is 25.2 Å². The number of anilines is 2. The molecule has 0 bridgehead atoms. The molecule has 2 amide bonds. The number of hydrogen-bond acceptors (Lipinski definition) is 5. The van der Waals surface area contributed by atoms with Crippen molar-refractivity contribution in [3.8, 4) is 11.5 Å². The van der Waals surface area contributed by atoms with E-state index in [1.807, 2.05) is 31.2 Å². The first kappa shape index (κ1) is 20.7. The number of fused-ring (bicyclic) bond motifs is 1. The van der Waals surface area contributed by atoms with Gasteiger partial charge in [0.15, 0.2) is 5.75 Å². The molecule has 0 spiro atoms. The summed E-state index contributed by atoms with van der Waals surface area (Å²) in [6.07, 6.45) is 4.98. The number of ether oxygens (including phenoxy) is 1. The van der Waals surface area contributed by atoms with Gasteiger partial charge < -0.3 is 24.8 Å². The van der Waals surface area contributed by atoms with Crippen LogP contribution in [0.4, 0.5) is 20.6 Å². The number of carbonyl (C=O) groups excluding carboxylic acids is 1. The van der Waals surface area contributed by atoms with Gasteiger partial charge in [0.25, 0.3) is 0 Å². The van der Waals surface area contributed by atoms with Crippen LogP contribution in [0.15, 0.2) is 61.1 Å². The minimum absolute atomic E-state index is 0.163. The number of hydrogen-bond donors (Lipinski definition) is 2. The zero-order chi connectivity index (χ0) is 22.8. The average Bonchev–Trinajstić information content (AvgIpc) is 3.22. The Labute approximate surface area is 190 Å². The van der Waals surface area contributed by atoms with E-state index in [0.29, 0.717) is 41.6 Å². The van der Waals surface area contributed by atoms with Gasteiger partial charge in [-0.15, -0.1) is 0 Å². The quantitative estimate of drug-likeness (QED) is 0.480. The summed E-state index contributed by atoms with van der Waals surface area (Å²) in [6, 6.07) is 12.1. The molecule has 33 heavy (non-hydrogen) atoms. The summed E-state index contributed by atoms with van der Waals surface area (Å²) in [5.41, 5.74) is 2.37. The monoisotopic (exact) mass is 446 g/mol. The van der Waals surface area contributed by atoms with Crippen molar-refractivity contribution in [2.24, 2.45) is 0 Å². The second kappa shape index (κ2) is 8.78. The van der Waals surface area contributed by atoms with Gasteiger partial charge in [-0.25, -0.2) is 19.2 Å². The highest BCUT2D eigenvalue weighted by molar-refractivity contribution is 6.01. The maximum Gasteiger partial charge on any atom is 0.322 e. The molecule has 1 aliphatic rings. The molecule has 2 aromatic carbocycles. The fourth-order valence-corrected chi connectivity index (χ4v) is 3.86. The SMILES string of the molecule is Cc1ncc(Oc2ccc(N3CCN(C(=O)Nc4c[nH]c5cc(F)ccc45)CC3)cc2)cn1. The number of nitrogens with one attached hydrogen (secondary N) is 2. The van der Waals surface area contributed by atoms with Gasteiger partial charge >= 0.3 is 6.03 Å². The van der Waals surface area contributed by atoms with Crippen LogP contribution in [0.5, 0.6) is 11.5 Å². The van der Waals surface area contributed by atoms with E-state index in [0.717, 1.165) is 24.2 Å². The van der Waals surface area contributed by atoms with Crippen molar-refractivity contribution in [2.45, 2.75) is 6.92 Å². The number of benzene rings is 2. The van der Waals surface area contributed by atoms with Crippen molar-refractivity contribution < 1.29 is 13.9 Å². The molecular formula is C24H23FN6O2. The van der Waals surface area contributed by atoms with E-state index in [-0.39, 0.29) is 11.8 Å². The third-order valence-electron chi connectivity index (χ3n) is 5.65. The third-order valence-corrected chi connectivity index (χ3v) is 5.65. The van der Waals surface area contributed by atoms with Gasteiger partial charge in [0.05, 0.1) is 23.6 Å². The standard InChI is InChI=1S/C24H23FN6O2/c1-16-26-13-20(14-27-16)33-19-5-3-18(4-6-19)30-8-10-31(11-9-30)24(32)29-23-15-28-22-12-17(25)2-7-21(22)23/h2-7,12-15,28H,8-11H2,1H3,(H,29,32). The Morgan fingerprint density at radius 3 is 2.48 bits per heavy atom. The highest BCUT2D eigenvalue weighted by atomic mass is 19.1. The number of halogens is 1. The molecule has 2 aromatic heterocycles. The Morgan fingerprint density at radius 2 is 1.76 bits per heavy atom. The lowest BCUT2D eigenvalue weighted by Crippen LogP contribution is -2.50. The molecule has 1 fully saturated rings. The van der Waals surface area contributed by atoms with Crippen molar-refractivity contribution in [3.05, 3.63) is 72.7 Å². The van der Waals surface area contributed by atoms with Crippen molar-refractivity contribution in [1.82, 2.24) is 19.9 Å². The first-order chi connectivity index (χ1) is 16.0. The maximum atomic E-state index is 13.4. The molecule has 9 heteroatoms. The van der Waals surface area contributed by atoms with Crippen LogP contribution < -0.4 is 15.0 Å². The number of amides is 2. The number of urea groups is 1. The zero-order valence-corrected chi connectivity index (χ0v) is 18.1. The second-order valence-corrected chi connectivity index (χ2v) is 7.86. The van der Waals surface area contributed by atoms with Gasteiger partial charge in [0, 0.05) is 43.4 Å². The molecule has 2 N–H and O–H groups in total. The molecule has 168 valence electrons. The lowest BCUT2D eigenvalue weighted by molar-refractivity contribution is 0.208. The Morgan fingerprint density at radius 1 is 1.03 bits per heavy atom. The molecule has 0 unspecified atom stereocenters. The van der Waals surface area contributed by atoms with Gasteiger partial charge in [-0.3, -0.25) is 0 Å². The van der Waals surface area contributed by atoms with Crippen LogP contribution >= 0.6 is 0 Å². The van der Waals surface area contributed by atoms with Crippen LogP contribution in [-0.2, 0) is 0 Å². The number of piperazine rings is 1. The molecule has 0 aliphatic carbocycles. The van der Waals surface area contributed by atoms with Gasteiger partial charge in [0.1, 0.15) is 17.4 Å². The number of rotatable bonds is 4. The number of H-pyrrole nitrogens is 1. The van der Waals surface area contributed by atoms with Crippen LogP contribution in [0.2, 0.25) is 0 Å². The Bertz CT molecular complexity index is 1260. The predicted octanol–water partition coefficient (Wildman–Crippen LogP) is 4.55. The van der Waals surface area contributed by atoms with E-state index in [1.165, 1.54) is 12.1 Å². The summed E-state index contributed by atoms with van der Waals surface area (Å²) in [5, 5.41) is 3.71. The summed E-state index contributed by atoms with van der Waals surface area (Å²) in [5.74, 6) is 1.68. The average molecular weight is 446 g/mol. The first-order valence-electron chi connectivity index (χ1n) is 10.7. The Balaban J connectivity index is 1.16. The molecular weight excluding hydrogens is 423 g/mol. The van der Waals surface area contributed by atoms with Crippen LogP contribution in [0, 0.1) is 12.7 Å². The van der Waals surface area contributed by atoms with Crippen LogP contribution in [0.25, 0.3) is 10.9 Å². The van der Waals surface area contributed by atoms with E-state index >= 15 is 0 Å². The van der Waals surface area contributed by atoms with Gasteiger partial charge in [-0.2, -0.15) is 0 Å². The highest BCUT2D eigenvalue weighted by Gasteiger charge is 2.22. The largest absolute Gasteiger partial charge is 0.454 e. The topological polar surface area (TPSA) is 86.4 Å². The van der Waals surface area contributed by atoms with Gasteiger partial charge in [0.2, 0.25) is 0 Å². The summed E-state index contributed by atoms with van der Waals surface area (Å²) in [6.45, 7) is 4.47. The smallest absolute Gasteiger partial charge is 0.322 e. The number of carbonyl (C=O) groups is 1. The molecule has 3 heterocycles. The number of aryl methyl sites for hydroxylation is 1. The number of nitrogens with zero attached hydrogens (tertiary/aromatic N) is 4. The maximum absolute atomic E-state index is 13.4. The zero-order valence-electron chi connectivity index (χ0n) is 18.1. The van der Waals surface area contributed by atoms with E-state index in [9.17, 15) is 9.18 Å². The minimum atomic E-state index is -0.317. The Kier molecular flexibility index (Phi) is 5.52. The summed E-state index contributed by atoms with van der Waals surface area (Å²) >= 11 is 0. The summed E-state index contributed by atoms with van der Waals surface area (Å²) < 4.78 is 19.2. The fraction of sp³-hybridized carbons (Fsp3) is 0.208. The lowest BCUT2D eigenvalue weighted by atomic mass is 10.2. The molecule has 4 aromatic rings. The minimum Gasteiger partial charge on any atom is -0.454 e. The molecule has 0 atom stereocenters. The van der Waals surface area contributed by atoms with E-state index in [4.69, 9.17) is 4.74 Å². The Hall–Kier alpha value is -4.14. The summed E-state index contributed by atoms with van der Waals surface area (Å²) in [4.78, 5) is 28.0. The predicted molar refractivity (Wildman–Crippen MR) is 124 cm³/mol. The van der Waals surface area contributed by atoms with Crippen molar-refractivity contribution in [3.63, 3.8) is 0 Å². The van der Waals surface area contributed by atoms with Crippen LogP contribution in [0.1, 0.15) is 5.82 Å². The van der Waals surface area contributed by atoms with Gasteiger partial charge in [-0.1, -0.05) is 0 Å². The molecule has 1 aliphatic heterocycles. The molecule has 1 saturated heterocycles. The van der Waals surface area contributed by atoms with Crippen molar-refractivity contribution >= 4 is 28.3 Å². The molecule has 0 radical (unpaired) electrons. The van der Waals surface area contributed by atoms with Crippen molar-refractivity contribution in [1.29, 1.82) is 0 Å². The lowest BCUT2D eigenvalue weighted by Gasteiger charge is -2.36. The number of aromatic amines is 1. The third kappa shape index (κ3) is 4.57. The van der Waals surface area contributed by atoms with Crippen molar-refractivity contribution in [2.75, 3.05) is 36.4 Å². The van der Waals surface area contributed by atoms with E-state index in [1.54, 1.807) is 29.6 Å². The highest BCUT2D eigenvalue weighted by Crippen LogP contribution is 2.26. The molecule has 5 rings (SSSR count). The fourth-order valence-electron chi connectivity index (χ4n) is 3.86. The van der Waals surface area contributed by atoms with Crippen LogP contribution in [-0.4, -0.2) is 52.1 Å². The summed E-state index contributed by atoms with van der Waals surface area (Å²) in [7, 11) is 0. The molecule has 8 nitrogen and oxygen atoms in total. The van der Waals surface area contributed by atoms with Crippen LogP contribution in [0.3, 0.4) is 0 Å². The molecule has 0 saturated carbocycles. The first-order valence-corrected chi connectivity index (χ1v) is 10.7. The second-order valence-electron chi connectivity index (χ2n) is 7.86. The normalized spacial score (nSPS) is 13.9. The number of aromatic nitrogens is 3.